The number of aliphatic hydroxyl groups excluding tert-OH is 1. The van der Waals surface area contributed by atoms with Crippen LogP contribution in [0.5, 0.6) is 0 Å². The van der Waals surface area contributed by atoms with Crippen molar-refractivity contribution in [1.82, 2.24) is 5.32 Å². The van der Waals surface area contributed by atoms with Gasteiger partial charge in [-0.05, 0) is 31.7 Å². The molecule has 1 saturated heterocycles. The Bertz CT molecular complexity index is 138. The van der Waals surface area contributed by atoms with Crippen molar-refractivity contribution in [3.05, 3.63) is 0 Å². The van der Waals surface area contributed by atoms with Crippen molar-refractivity contribution in [2.45, 2.75) is 25.3 Å². The summed E-state index contributed by atoms with van der Waals surface area (Å²) in [5.74, 6) is 0.549. The molecule has 0 aromatic rings. The van der Waals surface area contributed by atoms with E-state index in [0.717, 1.165) is 32.6 Å². The molecule has 1 aliphatic heterocycles. The molecule has 0 aromatic heterocycles. The maximum atomic E-state index is 8.67. The van der Waals surface area contributed by atoms with E-state index in [1.54, 1.807) is 0 Å². The first-order valence-corrected chi connectivity index (χ1v) is 5.50. The van der Waals surface area contributed by atoms with Crippen LogP contribution in [0.2, 0.25) is 0 Å². The van der Waals surface area contributed by atoms with Gasteiger partial charge < -0.3 is 20.9 Å². The molecule has 1 rings (SSSR count). The summed E-state index contributed by atoms with van der Waals surface area (Å²) in [4.78, 5) is 0. The van der Waals surface area contributed by atoms with Gasteiger partial charge in [0.05, 0.1) is 6.61 Å². The van der Waals surface area contributed by atoms with Crippen LogP contribution in [0, 0.1) is 5.92 Å². The minimum atomic E-state index is 0.242. The van der Waals surface area contributed by atoms with Crippen molar-refractivity contribution in [2.75, 3.05) is 32.9 Å². The van der Waals surface area contributed by atoms with E-state index >= 15 is 0 Å². The van der Waals surface area contributed by atoms with Gasteiger partial charge in [0.15, 0.2) is 0 Å². The molecule has 2 atom stereocenters. The zero-order chi connectivity index (χ0) is 10.2. The van der Waals surface area contributed by atoms with Crippen molar-refractivity contribution < 1.29 is 9.84 Å². The quantitative estimate of drug-likeness (QED) is 0.518. The van der Waals surface area contributed by atoms with Gasteiger partial charge >= 0.3 is 0 Å². The molecule has 2 unspecified atom stereocenters. The zero-order valence-electron chi connectivity index (χ0n) is 8.74. The molecule has 0 spiro atoms. The second-order valence-corrected chi connectivity index (χ2v) is 3.85. The Morgan fingerprint density at radius 1 is 1.57 bits per heavy atom. The fraction of sp³-hybridized carbons (Fsp3) is 1.00. The average molecular weight is 202 g/mol. The van der Waals surface area contributed by atoms with Crippen molar-refractivity contribution in [3.8, 4) is 0 Å². The number of hydrogen-bond donors (Lipinski definition) is 3. The number of nitrogens with two attached hydrogens (primary N) is 1. The lowest BCUT2D eigenvalue weighted by atomic mass is 9.93. The fourth-order valence-corrected chi connectivity index (χ4v) is 1.89. The van der Waals surface area contributed by atoms with Gasteiger partial charge in [-0.1, -0.05) is 0 Å². The normalized spacial score (nSPS) is 24.9. The maximum Gasteiger partial charge on any atom is 0.0509 e. The van der Waals surface area contributed by atoms with Crippen LogP contribution in [0.4, 0.5) is 0 Å². The Morgan fingerprint density at radius 3 is 3.00 bits per heavy atom. The molecular weight excluding hydrogens is 180 g/mol. The highest BCUT2D eigenvalue weighted by Crippen LogP contribution is 2.16. The molecule has 0 aliphatic carbocycles. The lowest BCUT2D eigenvalue weighted by molar-refractivity contribution is 0.0404. The first-order valence-electron chi connectivity index (χ1n) is 5.50. The highest BCUT2D eigenvalue weighted by Gasteiger charge is 2.22. The number of ether oxygens (including phenoxy) is 1. The molecule has 14 heavy (non-hydrogen) atoms. The first kappa shape index (κ1) is 11.9. The molecular formula is C10H22N2O2. The Labute approximate surface area is 85.8 Å². The van der Waals surface area contributed by atoms with Crippen LogP contribution in [0.1, 0.15) is 19.3 Å². The van der Waals surface area contributed by atoms with Crippen LogP contribution < -0.4 is 11.1 Å². The Balaban J connectivity index is 2.21. The van der Waals surface area contributed by atoms with Crippen molar-refractivity contribution in [1.29, 1.82) is 0 Å². The summed E-state index contributed by atoms with van der Waals surface area (Å²) in [6, 6.07) is 0.349. The summed E-state index contributed by atoms with van der Waals surface area (Å²) in [5.41, 5.74) is 5.71. The Hall–Kier alpha value is -0.160. The predicted octanol–water partition coefficient (Wildman–Crippen LogP) is -0.288. The molecule has 4 heteroatoms. The van der Waals surface area contributed by atoms with Crippen LogP contribution in [0.3, 0.4) is 0 Å². The number of aliphatic hydroxyl groups is 1. The zero-order valence-corrected chi connectivity index (χ0v) is 8.74. The molecule has 0 saturated carbocycles. The number of rotatable bonds is 6. The lowest BCUT2D eigenvalue weighted by Crippen LogP contribution is -2.45. The molecule has 4 N–H and O–H groups in total. The van der Waals surface area contributed by atoms with Gasteiger partial charge in [0, 0.05) is 25.8 Å². The molecule has 0 radical (unpaired) electrons. The van der Waals surface area contributed by atoms with E-state index in [0.29, 0.717) is 18.5 Å². The second kappa shape index (κ2) is 7.17. The van der Waals surface area contributed by atoms with E-state index in [1.807, 2.05) is 0 Å². The van der Waals surface area contributed by atoms with Gasteiger partial charge in [0.1, 0.15) is 0 Å². The smallest absolute Gasteiger partial charge is 0.0509 e. The summed E-state index contributed by atoms with van der Waals surface area (Å²) in [5, 5.41) is 12.0. The van der Waals surface area contributed by atoms with E-state index in [1.165, 1.54) is 6.42 Å². The molecule has 1 aliphatic rings. The third-order valence-electron chi connectivity index (χ3n) is 2.76. The van der Waals surface area contributed by atoms with E-state index in [2.05, 4.69) is 5.32 Å². The monoisotopic (exact) mass is 202 g/mol. The van der Waals surface area contributed by atoms with Gasteiger partial charge in [-0.2, -0.15) is 0 Å². The van der Waals surface area contributed by atoms with Gasteiger partial charge in [0.25, 0.3) is 0 Å². The third-order valence-corrected chi connectivity index (χ3v) is 2.76. The third kappa shape index (κ3) is 3.92. The summed E-state index contributed by atoms with van der Waals surface area (Å²) < 4.78 is 5.43. The summed E-state index contributed by atoms with van der Waals surface area (Å²) in [6.45, 7) is 3.46. The lowest BCUT2D eigenvalue weighted by Gasteiger charge is -2.30. The van der Waals surface area contributed by atoms with Gasteiger partial charge in [-0.3, -0.25) is 0 Å². The maximum absolute atomic E-state index is 8.67. The molecule has 84 valence electrons. The van der Waals surface area contributed by atoms with Crippen LogP contribution in [0.25, 0.3) is 0 Å². The van der Waals surface area contributed by atoms with Crippen LogP contribution in [0.15, 0.2) is 0 Å². The second-order valence-electron chi connectivity index (χ2n) is 3.85. The van der Waals surface area contributed by atoms with E-state index < -0.39 is 0 Å². The Kier molecular flexibility index (Phi) is 6.10. The number of hydrogen-bond acceptors (Lipinski definition) is 4. The molecule has 0 aromatic carbocycles. The minimum Gasteiger partial charge on any atom is -0.396 e. The summed E-state index contributed by atoms with van der Waals surface area (Å²) in [6.07, 6.45) is 3.14. The molecule has 1 heterocycles. The minimum absolute atomic E-state index is 0.242. The van der Waals surface area contributed by atoms with E-state index in [9.17, 15) is 0 Å². The predicted molar refractivity (Wildman–Crippen MR) is 56.1 cm³/mol. The van der Waals surface area contributed by atoms with Crippen molar-refractivity contribution in [2.24, 2.45) is 11.7 Å². The summed E-state index contributed by atoms with van der Waals surface area (Å²) in [7, 11) is 0. The molecule has 4 nitrogen and oxygen atoms in total. The number of nitrogens with one attached hydrogen (secondary N) is 1. The van der Waals surface area contributed by atoms with Crippen LogP contribution in [-0.4, -0.2) is 44.1 Å². The van der Waals surface area contributed by atoms with Crippen molar-refractivity contribution in [3.63, 3.8) is 0 Å². The van der Waals surface area contributed by atoms with E-state index in [-0.39, 0.29) is 6.61 Å². The average Bonchev–Trinajstić information content (AvgIpc) is 2.26. The van der Waals surface area contributed by atoms with Gasteiger partial charge in [-0.15, -0.1) is 0 Å². The molecule has 0 amide bonds. The van der Waals surface area contributed by atoms with Gasteiger partial charge in [0.2, 0.25) is 0 Å². The standard InChI is InChI=1S/C10H22N2O2/c11-7-10(12-4-2-5-13)9-3-1-6-14-8-9/h9-10,12-13H,1-8,11H2. The topological polar surface area (TPSA) is 67.5 Å². The van der Waals surface area contributed by atoms with E-state index in [4.69, 9.17) is 15.6 Å². The van der Waals surface area contributed by atoms with Gasteiger partial charge in [-0.25, -0.2) is 0 Å². The SMILES string of the molecule is NCC(NCCCO)C1CCCOC1. The summed E-state index contributed by atoms with van der Waals surface area (Å²) >= 11 is 0. The van der Waals surface area contributed by atoms with Crippen molar-refractivity contribution >= 4 is 0 Å². The molecule has 0 bridgehead atoms. The fourth-order valence-electron chi connectivity index (χ4n) is 1.89. The van der Waals surface area contributed by atoms with Crippen LogP contribution >= 0.6 is 0 Å². The van der Waals surface area contributed by atoms with Crippen LogP contribution in [-0.2, 0) is 4.74 Å². The molecule has 1 fully saturated rings. The highest BCUT2D eigenvalue weighted by atomic mass is 16.5. The Morgan fingerprint density at radius 2 is 2.43 bits per heavy atom. The first-order chi connectivity index (χ1) is 6.88. The largest absolute Gasteiger partial charge is 0.396 e. The highest BCUT2D eigenvalue weighted by molar-refractivity contribution is 4.79.